The van der Waals surface area contributed by atoms with Crippen LogP contribution in [0.5, 0.6) is 0 Å². The van der Waals surface area contributed by atoms with Gasteiger partial charge in [-0.05, 0) is 34.1 Å². The van der Waals surface area contributed by atoms with E-state index in [9.17, 15) is 0 Å². The number of H-pyrrole nitrogens is 1. The van der Waals surface area contributed by atoms with Crippen LogP contribution in [0.1, 0.15) is 0 Å². The fraction of sp³-hybridized carbons (Fsp3) is 0. The number of fused-ring (bicyclic) bond motifs is 1. The average molecular weight is 288 g/mol. The largest absolute Gasteiger partial charge is 0.397 e. The number of nitrogens with one attached hydrogen (secondary N) is 1. The highest BCUT2D eigenvalue weighted by molar-refractivity contribution is 9.10. The Balaban J connectivity index is 2.20. The van der Waals surface area contributed by atoms with Crippen molar-refractivity contribution in [2.24, 2.45) is 0 Å². The molecule has 0 atom stereocenters. The van der Waals surface area contributed by atoms with Crippen LogP contribution >= 0.6 is 15.9 Å². The molecule has 0 aliphatic carbocycles. The number of benzene rings is 1. The quantitative estimate of drug-likeness (QED) is 0.719. The molecule has 1 aromatic carbocycles. The summed E-state index contributed by atoms with van der Waals surface area (Å²) in [6, 6.07) is 12.0. The van der Waals surface area contributed by atoms with Crippen molar-refractivity contribution in [3.63, 3.8) is 0 Å². The van der Waals surface area contributed by atoms with E-state index in [2.05, 4.69) is 38.0 Å². The number of para-hydroxylation sites is 1. The van der Waals surface area contributed by atoms with Gasteiger partial charge < -0.3 is 10.7 Å². The highest BCUT2D eigenvalue weighted by atomic mass is 79.9. The van der Waals surface area contributed by atoms with Gasteiger partial charge in [0.25, 0.3) is 0 Å². The van der Waals surface area contributed by atoms with E-state index in [0.29, 0.717) is 5.69 Å². The Bertz CT molecular complexity index is 655. The van der Waals surface area contributed by atoms with Crippen LogP contribution in [-0.4, -0.2) is 9.97 Å². The Morgan fingerprint density at radius 2 is 2.00 bits per heavy atom. The van der Waals surface area contributed by atoms with Crippen molar-refractivity contribution in [3.8, 4) is 11.4 Å². The molecular weight excluding hydrogens is 278 g/mol. The number of pyridine rings is 1. The SMILES string of the molecule is Nc1cc(Br)cnc1-c1cc2ccccc2[nH]1. The zero-order chi connectivity index (χ0) is 11.8. The predicted molar refractivity (Wildman–Crippen MR) is 73.6 cm³/mol. The normalized spacial score (nSPS) is 10.9. The average Bonchev–Trinajstić information content (AvgIpc) is 2.72. The Hall–Kier alpha value is -1.81. The van der Waals surface area contributed by atoms with Gasteiger partial charge in [-0.1, -0.05) is 18.2 Å². The molecule has 0 unspecified atom stereocenters. The van der Waals surface area contributed by atoms with Gasteiger partial charge in [0.15, 0.2) is 0 Å². The molecule has 0 saturated carbocycles. The molecule has 0 saturated heterocycles. The molecule has 0 aliphatic heterocycles. The standard InChI is InChI=1S/C13H10BrN3/c14-9-6-10(15)13(16-7-9)12-5-8-3-1-2-4-11(8)17-12/h1-7,17H,15H2. The van der Waals surface area contributed by atoms with Gasteiger partial charge >= 0.3 is 0 Å². The Morgan fingerprint density at radius 1 is 1.18 bits per heavy atom. The summed E-state index contributed by atoms with van der Waals surface area (Å²) in [5.41, 5.74) is 9.43. The molecule has 0 bridgehead atoms. The highest BCUT2D eigenvalue weighted by Gasteiger charge is 2.07. The minimum Gasteiger partial charge on any atom is -0.397 e. The highest BCUT2D eigenvalue weighted by Crippen LogP contribution is 2.28. The fourth-order valence-corrected chi connectivity index (χ4v) is 2.23. The van der Waals surface area contributed by atoms with Crippen LogP contribution < -0.4 is 5.73 Å². The molecule has 0 aliphatic rings. The first-order valence-corrected chi connectivity index (χ1v) is 6.02. The smallest absolute Gasteiger partial charge is 0.109 e. The summed E-state index contributed by atoms with van der Waals surface area (Å²) >= 11 is 3.35. The van der Waals surface area contributed by atoms with Crippen LogP contribution in [0.4, 0.5) is 5.69 Å². The number of halogens is 1. The van der Waals surface area contributed by atoms with Crippen molar-refractivity contribution in [3.05, 3.63) is 47.1 Å². The summed E-state index contributed by atoms with van der Waals surface area (Å²) in [4.78, 5) is 7.65. The molecule has 0 radical (unpaired) electrons. The van der Waals surface area contributed by atoms with Crippen molar-refractivity contribution in [1.82, 2.24) is 9.97 Å². The maximum absolute atomic E-state index is 5.96. The van der Waals surface area contributed by atoms with Crippen LogP contribution in [0.15, 0.2) is 47.1 Å². The van der Waals surface area contributed by atoms with E-state index in [0.717, 1.165) is 26.8 Å². The summed E-state index contributed by atoms with van der Waals surface area (Å²) in [5, 5.41) is 1.16. The van der Waals surface area contributed by atoms with Crippen LogP contribution in [0.3, 0.4) is 0 Å². The van der Waals surface area contributed by atoms with Crippen molar-refractivity contribution >= 4 is 32.5 Å². The third-order valence-electron chi connectivity index (χ3n) is 2.67. The lowest BCUT2D eigenvalue weighted by Crippen LogP contribution is -1.93. The van der Waals surface area contributed by atoms with Crippen molar-refractivity contribution in [1.29, 1.82) is 0 Å². The lowest BCUT2D eigenvalue weighted by atomic mass is 10.2. The third kappa shape index (κ3) is 1.80. The number of nitrogen functional groups attached to an aromatic ring is 1. The first-order chi connectivity index (χ1) is 8.24. The molecule has 84 valence electrons. The first kappa shape index (κ1) is 10.4. The number of anilines is 1. The Labute approximate surface area is 107 Å². The third-order valence-corrected chi connectivity index (χ3v) is 3.10. The van der Waals surface area contributed by atoms with Gasteiger partial charge in [0, 0.05) is 21.6 Å². The molecule has 3 nitrogen and oxygen atoms in total. The van der Waals surface area contributed by atoms with Crippen molar-refractivity contribution in [2.45, 2.75) is 0 Å². The van der Waals surface area contributed by atoms with E-state index in [1.54, 1.807) is 6.20 Å². The van der Waals surface area contributed by atoms with E-state index < -0.39 is 0 Å². The van der Waals surface area contributed by atoms with Crippen LogP contribution in [0.2, 0.25) is 0 Å². The van der Waals surface area contributed by atoms with Gasteiger partial charge in [0.05, 0.1) is 11.4 Å². The van der Waals surface area contributed by atoms with Gasteiger partial charge in [-0.2, -0.15) is 0 Å². The molecule has 3 rings (SSSR count). The predicted octanol–water partition coefficient (Wildman–Crippen LogP) is 3.57. The molecule has 3 aromatic rings. The summed E-state index contributed by atoms with van der Waals surface area (Å²) in [5.74, 6) is 0. The van der Waals surface area contributed by atoms with Gasteiger partial charge in [-0.25, -0.2) is 0 Å². The number of nitrogens with two attached hydrogens (primary N) is 1. The minimum absolute atomic E-state index is 0.658. The fourth-order valence-electron chi connectivity index (χ4n) is 1.88. The maximum Gasteiger partial charge on any atom is 0.109 e. The van der Waals surface area contributed by atoms with Crippen LogP contribution in [0.25, 0.3) is 22.3 Å². The number of rotatable bonds is 1. The minimum atomic E-state index is 0.658. The van der Waals surface area contributed by atoms with Crippen LogP contribution in [-0.2, 0) is 0 Å². The molecule has 0 fully saturated rings. The zero-order valence-corrected chi connectivity index (χ0v) is 10.5. The summed E-state index contributed by atoms with van der Waals surface area (Å²) < 4.78 is 0.884. The molecule has 4 heteroatoms. The summed E-state index contributed by atoms with van der Waals surface area (Å²) in [6.45, 7) is 0. The van der Waals surface area contributed by atoms with Crippen molar-refractivity contribution in [2.75, 3.05) is 5.73 Å². The molecule has 0 spiro atoms. The van der Waals surface area contributed by atoms with Crippen molar-refractivity contribution < 1.29 is 0 Å². The van der Waals surface area contributed by atoms with E-state index in [4.69, 9.17) is 5.73 Å². The maximum atomic E-state index is 5.96. The summed E-state index contributed by atoms with van der Waals surface area (Å²) in [6.07, 6.45) is 1.75. The van der Waals surface area contributed by atoms with Crippen LogP contribution in [0, 0.1) is 0 Å². The van der Waals surface area contributed by atoms with E-state index >= 15 is 0 Å². The first-order valence-electron chi connectivity index (χ1n) is 5.23. The Kier molecular flexibility index (Phi) is 2.37. The monoisotopic (exact) mass is 287 g/mol. The second-order valence-corrected chi connectivity index (χ2v) is 4.78. The van der Waals surface area contributed by atoms with Gasteiger partial charge in [-0.3, -0.25) is 4.98 Å². The lowest BCUT2D eigenvalue weighted by Gasteiger charge is -2.02. The molecule has 3 N–H and O–H groups in total. The second kappa shape index (κ2) is 3.89. The number of aromatic amines is 1. The number of nitrogens with zero attached hydrogens (tertiary/aromatic N) is 1. The zero-order valence-electron chi connectivity index (χ0n) is 8.94. The van der Waals surface area contributed by atoms with Gasteiger partial charge in [0.1, 0.15) is 5.69 Å². The number of hydrogen-bond acceptors (Lipinski definition) is 2. The van der Waals surface area contributed by atoms with E-state index in [1.165, 1.54) is 0 Å². The van der Waals surface area contributed by atoms with E-state index in [1.807, 2.05) is 24.3 Å². The second-order valence-electron chi connectivity index (χ2n) is 3.86. The molecule has 17 heavy (non-hydrogen) atoms. The lowest BCUT2D eigenvalue weighted by molar-refractivity contribution is 1.28. The number of hydrogen-bond donors (Lipinski definition) is 2. The molecule has 0 amide bonds. The summed E-state index contributed by atoms with van der Waals surface area (Å²) in [7, 11) is 0. The molecule has 2 heterocycles. The molecule has 2 aromatic heterocycles. The molecular formula is C13H10BrN3. The van der Waals surface area contributed by atoms with E-state index in [-0.39, 0.29) is 0 Å². The van der Waals surface area contributed by atoms with Gasteiger partial charge in [0.2, 0.25) is 0 Å². The van der Waals surface area contributed by atoms with Gasteiger partial charge in [-0.15, -0.1) is 0 Å². The Morgan fingerprint density at radius 3 is 2.76 bits per heavy atom. The topological polar surface area (TPSA) is 54.7 Å². The number of aromatic nitrogens is 2.